The summed E-state index contributed by atoms with van der Waals surface area (Å²) in [6, 6.07) is 10.2. The lowest BCUT2D eigenvalue weighted by Gasteiger charge is -2.10. The standard InChI is InChI=1S/C14H14N4OS.ClH/c1-3-11(10-7-5-4-6-8-10)12-17-18-13(19)9(2)15-16-14(18)20-12;/h4-8,11H,3H2,1-2H3;1H. The van der Waals surface area contributed by atoms with Gasteiger partial charge in [0.2, 0.25) is 4.96 Å². The second kappa shape index (κ2) is 6.32. The van der Waals surface area contributed by atoms with Crippen molar-refractivity contribution in [1.82, 2.24) is 19.8 Å². The van der Waals surface area contributed by atoms with Gasteiger partial charge in [-0.15, -0.1) is 22.6 Å². The van der Waals surface area contributed by atoms with Crippen LogP contribution in [-0.2, 0) is 0 Å². The van der Waals surface area contributed by atoms with Gasteiger partial charge in [0.1, 0.15) is 10.7 Å². The van der Waals surface area contributed by atoms with Gasteiger partial charge in [-0.2, -0.15) is 9.61 Å². The molecule has 0 saturated carbocycles. The summed E-state index contributed by atoms with van der Waals surface area (Å²) < 4.78 is 1.36. The number of benzene rings is 1. The summed E-state index contributed by atoms with van der Waals surface area (Å²) in [7, 11) is 0. The van der Waals surface area contributed by atoms with Crippen LogP contribution in [0.25, 0.3) is 4.96 Å². The van der Waals surface area contributed by atoms with E-state index in [0.717, 1.165) is 11.4 Å². The van der Waals surface area contributed by atoms with E-state index in [-0.39, 0.29) is 23.9 Å². The highest BCUT2D eigenvalue weighted by atomic mass is 35.5. The summed E-state index contributed by atoms with van der Waals surface area (Å²) in [6.07, 6.45) is 0.922. The Balaban J connectivity index is 0.00000161. The van der Waals surface area contributed by atoms with Crippen molar-refractivity contribution < 1.29 is 0 Å². The second-order valence-corrected chi connectivity index (χ2v) is 5.58. The minimum atomic E-state index is -0.194. The number of hydrogen-bond acceptors (Lipinski definition) is 5. The van der Waals surface area contributed by atoms with E-state index in [0.29, 0.717) is 10.7 Å². The SMILES string of the molecule is CCC(c1ccccc1)c1nn2c(=O)c(C)nnc2s1.Cl. The zero-order valence-corrected chi connectivity index (χ0v) is 13.3. The summed E-state index contributed by atoms with van der Waals surface area (Å²) in [6.45, 7) is 3.76. The number of fused-ring (bicyclic) bond motifs is 1. The topological polar surface area (TPSA) is 60.2 Å². The molecule has 0 N–H and O–H groups in total. The van der Waals surface area contributed by atoms with Gasteiger partial charge in [-0.05, 0) is 18.9 Å². The Labute approximate surface area is 132 Å². The van der Waals surface area contributed by atoms with E-state index in [9.17, 15) is 4.79 Å². The van der Waals surface area contributed by atoms with Crippen LogP contribution in [0.2, 0.25) is 0 Å². The molecule has 0 saturated heterocycles. The molecule has 0 aliphatic rings. The Morgan fingerprint density at radius 3 is 2.62 bits per heavy atom. The van der Waals surface area contributed by atoms with Crippen molar-refractivity contribution in [3.8, 4) is 0 Å². The van der Waals surface area contributed by atoms with Crippen molar-refractivity contribution in [2.45, 2.75) is 26.2 Å². The van der Waals surface area contributed by atoms with Crippen LogP contribution in [0.5, 0.6) is 0 Å². The lowest BCUT2D eigenvalue weighted by atomic mass is 9.97. The Kier molecular flexibility index (Phi) is 4.69. The van der Waals surface area contributed by atoms with Crippen LogP contribution in [-0.4, -0.2) is 19.8 Å². The molecule has 0 radical (unpaired) electrons. The first-order valence-electron chi connectivity index (χ1n) is 6.48. The van der Waals surface area contributed by atoms with Crippen molar-refractivity contribution >= 4 is 28.7 Å². The minimum absolute atomic E-state index is 0. The average molecular weight is 323 g/mol. The predicted octanol–water partition coefficient (Wildman–Crippen LogP) is 2.82. The zero-order chi connectivity index (χ0) is 14.1. The number of aryl methyl sites for hydroxylation is 1. The Morgan fingerprint density at radius 2 is 1.95 bits per heavy atom. The molecule has 21 heavy (non-hydrogen) atoms. The molecule has 0 spiro atoms. The highest BCUT2D eigenvalue weighted by Gasteiger charge is 2.18. The van der Waals surface area contributed by atoms with Crippen molar-refractivity contribution in [3.05, 3.63) is 57.0 Å². The van der Waals surface area contributed by atoms with Gasteiger partial charge in [0.25, 0.3) is 5.56 Å². The molecular formula is C14H15ClN4OS. The summed E-state index contributed by atoms with van der Waals surface area (Å²) in [5.74, 6) is 0.183. The van der Waals surface area contributed by atoms with Gasteiger partial charge in [-0.25, -0.2) is 0 Å². The number of halogens is 1. The summed E-state index contributed by atoms with van der Waals surface area (Å²) in [5, 5.41) is 13.2. The second-order valence-electron chi connectivity index (χ2n) is 4.60. The molecule has 0 fully saturated rings. The van der Waals surface area contributed by atoms with Crippen LogP contribution in [0.15, 0.2) is 35.1 Å². The zero-order valence-electron chi connectivity index (χ0n) is 11.7. The molecular weight excluding hydrogens is 308 g/mol. The first kappa shape index (κ1) is 15.6. The van der Waals surface area contributed by atoms with Crippen molar-refractivity contribution in [3.63, 3.8) is 0 Å². The van der Waals surface area contributed by atoms with Gasteiger partial charge >= 0.3 is 0 Å². The molecule has 0 aliphatic carbocycles. The molecule has 7 heteroatoms. The maximum Gasteiger partial charge on any atom is 0.296 e. The molecule has 3 rings (SSSR count). The number of hydrogen-bond donors (Lipinski definition) is 0. The van der Waals surface area contributed by atoms with Crippen molar-refractivity contribution in [1.29, 1.82) is 0 Å². The van der Waals surface area contributed by atoms with E-state index in [4.69, 9.17) is 0 Å². The van der Waals surface area contributed by atoms with Gasteiger partial charge in [-0.1, -0.05) is 48.6 Å². The fourth-order valence-electron chi connectivity index (χ4n) is 2.19. The summed E-state index contributed by atoms with van der Waals surface area (Å²) in [4.78, 5) is 12.5. The van der Waals surface area contributed by atoms with Crippen LogP contribution in [0, 0.1) is 6.92 Å². The average Bonchev–Trinajstić information content (AvgIpc) is 2.90. The van der Waals surface area contributed by atoms with Gasteiger partial charge < -0.3 is 0 Å². The van der Waals surface area contributed by atoms with Crippen LogP contribution < -0.4 is 5.56 Å². The molecule has 1 aromatic carbocycles. The van der Waals surface area contributed by atoms with Crippen molar-refractivity contribution in [2.24, 2.45) is 0 Å². The molecule has 110 valence electrons. The third-order valence-corrected chi connectivity index (χ3v) is 4.28. The lowest BCUT2D eigenvalue weighted by molar-refractivity contribution is 0.727. The summed E-state index contributed by atoms with van der Waals surface area (Å²) in [5.41, 5.74) is 1.37. The number of nitrogens with zero attached hydrogens (tertiary/aromatic N) is 4. The molecule has 5 nitrogen and oxygen atoms in total. The van der Waals surface area contributed by atoms with Gasteiger partial charge in [0.15, 0.2) is 0 Å². The molecule has 1 unspecified atom stereocenters. The summed E-state index contributed by atoms with van der Waals surface area (Å²) >= 11 is 1.43. The first-order chi connectivity index (χ1) is 9.70. The van der Waals surface area contributed by atoms with E-state index in [1.54, 1.807) is 6.92 Å². The number of aromatic nitrogens is 4. The van der Waals surface area contributed by atoms with E-state index < -0.39 is 0 Å². The normalized spacial score (nSPS) is 12.1. The lowest BCUT2D eigenvalue weighted by Crippen LogP contribution is -2.19. The maximum absolute atomic E-state index is 12.0. The largest absolute Gasteiger partial charge is 0.296 e. The molecule has 1 atom stereocenters. The van der Waals surface area contributed by atoms with E-state index in [1.165, 1.54) is 21.4 Å². The third kappa shape index (κ3) is 2.82. The predicted molar refractivity (Wildman–Crippen MR) is 85.5 cm³/mol. The molecule has 2 aromatic heterocycles. The smallest absolute Gasteiger partial charge is 0.265 e. The first-order valence-corrected chi connectivity index (χ1v) is 7.30. The van der Waals surface area contributed by atoms with E-state index in [1.807, 2.05) is 18.2 Å². The quantitative estimate of drug-likeness (QED) is 0.744. The molecule has 3 aromatic rings. The molecule has 0 aliphatic heterocycles. The Bertz CT molecular complexity index is 800. The van der Waals surface area contributed by atoms with Crippen LogP contribution in [0.1, 0.15) is 35.5 Å². The van der Waals surface area contributed by atoms with Crippen molar-refractivity contribution in [2.75, 3.05) is 0 Å². The van der Waals surface area contributed by atoms with Gasteiger partial charge in [0, 0.05) is 5.92 Å². The number of rotatable bonds is 3. The monoisotopic (exact) mass is 322 g/mol. The molecule has 0 amide bonds. The third-order valence-electron chi connectivity index (χ3n) is 3.27. The minimum Gasteiger partial charge on any atom is -0.265 e. The van der Waals surface area contributed by atoms with Gasteiger partial charge in [-0.3, -0.25) is 4.79 Å². The van der Waals surface area contributed by atoms with Gasteiger partial charge in [0.05, 0.1) is 0 Å². The fraction of sp³-hybridized carbons (Fsp3) is 0.286. The van der Waals surface area contributed by atoms with Crippen LogP contribution in [0.3, 0.4) is 0 Å². The highest BCUT2D eigenvalue weighted by molar-refractivity contribution is 7.16. The molecule has 2 heterocycles. The van der Waals surface area contributed by atoms with E-state index in [2.05, 4.69) is 34.4 Å². The van der Waals surface area contributed by atoms with Crippen LogP contribution >= 0.6 is 23.7 Å². The Morgan fingerprint density at radius 1 is 1.24 bits per heavy atom. The highest BCUT2D eigenvalue weighted by Crippen LogP contribution is 2.30. The molecule has 0 bridgehead atoms. The Hall–Kier alpha value is -1.79. The van der Waals surface area contributed by atoms with E-state index >= 15 is 0 Å². The van der Waals surface area contributed by atoms with Crippen LogP contribution in [0.4, 0.5) is 0 Å². The maximum atomic E-state index is 12.0. The fourth-order valence-corrected chi connectivity index (χ4v) is 3.23.